The monoisotopic (exact) mass is 284 g/mol. The number of nitrogens with zero attached hydrogens (tertiary/aromatic N) is 1. The third-order valence-electron chi connectivity index (χ3n) is 3.56. The number of hydrogen-bond donors (Lipinski definition) is 1. The first kappa shape index (κ1) is 15.2. The molecule has 3 nitrogen and oxygen atoms in total. The standard InChI is InChI=1S/C18H24N2O/c1-5-21-18-9-7-16(19)11-15(18)12-20(4)17-8-6-13(2)10-14(17)3/h6-11H,5,12,19H2,1-4H3. The molecule has 0 aliphatic carbocycles. The Morgan fingerprint density at radius 2 is 1.86 bits per heavy atom. The van der Waals surface area contributed by atoms with E-state index in [-0.39, 0.29) is 0 Å². The van der Waals surface area contributed by atoms with Crippen LogP contribution in [0.5, 0.6) is 5.75 Å². The van der Waals surface area contributed by atoms with Crippen LogP contribution in [-0.4, -0.2) is 13.7 Å². The first-order chi connectivity index (χ1) is 10.0. The predicted octanol–water partition coefficient (Wildman–Crippen LogP) is 3.92. The molecule has 0 unspecified atom stereocenters. The number of hydrogen-bond acceptors (Lipinski definition) is 3. The second kappa shape index (κ2) is 6.53. The summed E-state index contributed by atoms with van der Waals surface area (Å²) in [5.41, 5.74) is 11.6. The molecule has 0 saturated carbocycles. The number of ether oxygens (including phenoxy) is 1. The van der Waals surface area contributed by atoms with Crippen LogP contribution in [-0.2, 0) is 6.54 Å². The normalized spacial score (nSPS) is 10.5. The van der Waals surface area contributed by atoms with E-state index in [9.17, 15) is 0 Å². The molecule has 2 aromatic carbocycles. The lowest BCUT2D eigenvalue weighted by atomic mass is 10.1. The van der Waals surface area contributed by atoms with Crippen LogP contribution in [0.1, 0.15) is 23.6 Å². The zero-order chi connectivity index (χ0) is 15.4. The average molecular weight is 284 g/mol. The summed E-state index contributed by atoms with van der Waals surface area (Å²) in [6.07, 6.45) is 0. The van der Waals surface area contributed by atoms with Crippen LogP contribution >= 0.6 is 0 Å². The van der Waals surface area contributed by atoms with Gasteiger partial charge in [0.05, 0.1) is 6.61 Å². The third kappa shape index (κ3) is 3.69. The molecule has 0 aromatic heterocycles. The second-order valence-corrected chi connectivity index (χ2v) is 5.45. The van der Waals surface area contributed by atoms with Gasteiger partial charge >= 0.3 is 0 Å². The van der Waals surface area contributed by atoms with Gasteiger partial charge < -0.3 is 15.4 Å². The molecular formula is C18H24N2O. The smallest absolute Gasteiger partial charge is 0.124 e. The molecule has 2 N–H and O–H groups in total. The summed E-state index contributed by atoms with van der Waals surface area (Å²) in [5.74, 6) is 0.906. The maximum absolute atomic E-state index is 5.91. The Hall–Kier alpha value is -2.16. The highest BCUT2D eigenvalue weighted by atomic mass is 16.5. The maximum Gasteiger partial charge on any atom is 0.124 e. The van der Waals surface area contributed by atoms with Gasteiger partial charge in [-0.15, -0.1) is 0 Å². The van der Waals surface area contributed by atoms with Gasteiger partial charge in [-0.05, 0) is 50.6 Å². The summed E-state index contributed by atoms with van der Waals surface area (Å²) < 4.78 is 5.70. The molecule has 0 atom stereocenters. The lowest BCUT2D eigenvalue weighted by Gasteiger charge is -2.23. The van der Waals surface area contributed by atoms with Gasteiger partial charge in [-0.3, -0.25) is 0 Å². The minimum Gasteiger partial charge on any atom is -0.494 e. The third-order valence-corrected chi connectivity index (χ3v) is 3.56. The van der Waals surface area contributed by atoms with E-state index in [1.165, 1.54) is 16.8 Å². The van der Waals surface area contributed by atoms with Crippen molar-refractivity contribution in [3.63, 3.8) is 0 Å². The fourth-order valence-electron chi connectivity index (χ4n) is 2.59. The highest BCUT2D eigenvalue weighted by molar-refractivity contribution is 5.56. The Bertz CT molecular complexity index is 623. The quantitative estimate of drug-likeness (QED) is 0.846. The van der Waals surface area contributed by atoms with Crippen LogP contribution in [0, 0.1) is 13.8 Å². The van der Waals surface area contributed by atoms with E-state index in [1.807, 2.05) is 25.1 Å². The van der Waals surface area contributed by atoms with Crippen LogP contribution in [0.2, 0.25) is 0 Å². The van der Waals surface area contributed by atoms with E-state index in [2.05, 4.69) is 44.0 Å². The Morgan fingerprint density at radius 3 is 2.52 bits per heavy atom. The maximum atomic E-state index is 5.91. The van der Waals surface area contributed by atoms with E-state index < -0.39 is 0 Å². The largest absolute Gasteiger partial charge is 0.494 e. The SMILES string of the molecule is CCOc1ccc(N)cc1CN(C)c1ccc(C)cc1C. The van der Waals surface area contributed by atoms with Gasteiger partial charge in [0.2, 0.25) is 0 Å². The number of nitrogen functional groups attached to an aromatic ring is 1. The molecule has 21 heavy (non-hydrogen) atoms. The van der Waals surface area contributed by atoms with Crippen LogP contribution in [0.3, 0.4) is 0 Å². The van der Waals surface area contributed by atoms with Crippen molar-refractivity contribution < 1.29 is 4.74 Å². The van der Waals surface area contributed by atoms with Crippen molar-refractivity contribution in [2.24, 2.45) is 0 Å². The zero-order valence-electron chi connectivity index (χ0n) is 13.3. The molecule has 2 rings (SSSR count). The van der Waals surface area contributed by atoms with Crippen LogP contribution < -0.4 is 15.4 Å². The van der Waals surface area contributed by atoms with Crippen molar-refractivity contribution in [2.45, 2.75) is 27.3 Å². The molecule has 0 spiro atoms. The Labute approximate surface area is 127 Å². The summed E-state index contributed by atoms with van der Waals surface area (Å²) in [5, 5.41) is 0. The molecule has 0 saturated heterocycles. The minimum absolute atomic E-state index is 0.657. The second-order valence-electron chi connectivity index (χ2n) is 5.45. The highest BCUT2D eigenvalue weighted by Crippen LogP contribution is 2.26. The van der Waals surface area contributed by atoms with Crippen molar-refractivity contribution in [1.82, 2.24) is 0 Å². The fourth-order valence-corrected chi connectivity index (χ4v) is 2.59. The Kier molecular flexibility index (Phi) is 4.73. The van der Waals surface area contributed by atoms with Gasteiger partial charge in [0.15, 0.2) is 0 Å². The van der Waals surface area contributed by atoms with Crippen molar-refractivity contribution in [3.05, 3.63) is 53.1 Å². The molecule has 0 aliphatic rings. The minimum atomic E-state index is 0.657. The summed E-state index contributed by atoms with van der Waals surface area (Å²) in [6, 6.07) is 12.3. The first-order valence-electron chi connectivity index (χ1n) is 7.31. The number of benzene rings is 2. The predicted molar refractivity (Wildman–Crippen MR) is 90.0 cm³/mol. The molecule has 0 bridgehead atoms. The van der Waals surface area contributed by atoms with Crippen molar-refractivity contribution in [2.75, 3.05) is 24.3 Å². The van der Waals surface area contributed by atoms with Gasteiger partial charge in [-0.2, -0.15) is 0 Å². The Balaban J connectivity index is 2.26. The highest BCUT2D eigenvalue weighted by Gasteiger charge is 2.10. The van der Waals surface area contributed by atoms with Gasteiger partial charge in [-0.1, -0.05) is 17.7 Å². The summed E-state index contributed by atoms with van der Waals surface area (Å²) in [4.78, 5) is 2.23. The summed E-state index contributed by atoms with van der Waals surface area (Å²) in [7, 11) is 2.09. The molecule has 2 aromatic rings. The molecular weight excluding hydrogens is 260 g/mol. The molecule has 0 heterocycles. The topological polar surface area (TPSA) is 38.5 Å². The zero-order valence-corrected chi connectivity index (χ0v) is 13.3. The van der Waals surface area contributed by atoms with Gasteiger partial charge in [0, 0.05) is 30.5 Å². The van der Waals surface area contributed by atoms with E-state index in [0.29, 0.717) is 6.61 Å². The Morgan fingerprint density at radius 1 is 1.10 bits per heavy atom. The summed E-state index contributed by atoms with van der Waals surface area (Å²) >= 11 is 0. The molecule has 0 fully saturated rings. The average Bonchev–Trinajstić information content (AvgIpc) is 2.41. The van der Waals surface area contributed by atoms with E-state index >= 15 is 0 Å². The molecule has 0 amide bonds. The number of anilines is 2. The van der Waals surface area contributed by atoms with E-state index in [4.69, 9.17) is 10.5 Å². The van der Waals surface area contributed by atoms with Gasteiger partial charge in [-0.25, -0.2) is 0 Å². The molecule has 0 radical (unpaired) electrons. The van der Waals surface area contributed by atoms with Crippen molar-refractivity contribution >= 4 is 11.4 Å². The number of rotatable bonds is 5. The molecule has 112 valence electrons. The van der Waals surface area contributed by atoms with E-state index in [0.717, 1.165) is 23.5 Å². The molecule has 0 aliphatic heterocycles. The van der Waals surface area contributed by atoms with Crippen LogP contribution in [0.25, 0.3) is 0 Å². The van der Waals surface area contributed by atoms with Gasteiger partial charge in [0.1, 0.15) is 5.75 Å². The lowest BCUT2D eigenvalue weighted by molar-refractivity contribution is 0.336. The van der Waals surface area contributed by atoms with Gasteiger partial charge in [0.25, 0.3) is 0 Å². The number of nitrogens with two attached hydrogens (primary N) is 1. The first-order valence-corrected chi connectivity index (χ1v) is 7.31. The van der Waals surface area contributed by atoms with Crippen molar-refractivity contribution in [1.29, 1.82) is 0 Å². The van der Waals surface area contributed by atoms with Crippen LogP contribution in [0.4, 0.5) is 11.4 Å². The fraction of sp³-hybridized carbons (Fsp3) is 0.333. The molecule has 3 heteroatoms. The van der Waals surface area contributed by atoms with Crippen LogP contribution in [0.15, 0.2) is 36.4 Å². The summed E-state index contributed by atoms with van der Waals surface area (Å²) in [6.45, 7) is 7.67. The lowest BCUT2D eigenvalue weighted by Crippen LogP contribution is -2.18. The van der Waals surface area contributed by atoms with Crippen molar-refractivity contribution in [3.8, 4) is 5.75 Å². The number of aryl methyl sites for hydroxylation is 2. The van der Waals surface area contributed by atoms with E-state index in [1.54, 1.807) is 0 Å².